The second kappa shape index (κ2) is 6.85. The summed E-state index contributed by atoms with van der Waals surface area (Å²) in [7, 11) is 1.54. The zero-order valence-corrected chi connectivity index (χ0v) is 12.8. The van der Waals surface area contributed by atoms with Gasteiger partial charge in [-0.15, -0.1) is 0 Å². The summed E-state index contributed by atoms with van der Waals surface area (Å²) < 4.78 is 0.670. The van der Waals surface area contributed by atoms with E-state index in [-0.39, 0.29) is 11.9 Å². The second-order valence-corrected chi connectivity index (χ2v) is 4.92. The van der Waals surface area contributed by atoms with Crippen LogP contribution in [0, 0.1) is 0 Å². The molecule has 0 spiro atoms. The number of aromatic nitrogens is 1. The molecule has 6 nitrogen and oxygen atoms in total. The Bertz CT molecular complexity index is 641. The number of nitrogens with zero attached hydrogens (tertiary/aromatic N) is 1. The maximum atomic E-state index is 12.0. The highest BCUT2D eigenvalue weighted by Crippen LogP contribution is 2.15. The number of hydrogen-bond acceptors (Lipinski definition) is 3. The van der Waals surface area contributed by atoms with E-state index < -0.39 is 0 Å². The molecule has 0 saturated carbocycles. The number of benzene rings is 1. The molecule has 2 aromatic rings. The molecule has 2 rings (SSSR count). The summed E-state index contributed by atoms with van der Waals surface area (Å²) in [4.78, 5) is 27.1. The van der Waals surface area contributed by atoms with Crippen molar-refractivity contribution in [3.8, 4) is 0 Å². The lowest BCUT2D eigenvalue weighted by Crippen LogP contribution is -2.24. The predicted molar refractivity (Wildman–Crippen MR) is 84.4 cm³/mol. The number of amides is 3. The molecule has 0 saturated heterocycles. The quantitative estimate of drug-likeness (QED) is 0.745. The van der Waals surface area contributed by atoms with Gasteiger partial charge in [-0.3, -0.25) is 4.79 Å². The second-order valence-electron chi connectivity index (χ2n) is 4.11. The summed E-state index contributed by atoms with van der Waals surface area (Å²) in [6.45, 7) is 0. The summed E-state index contributed by atoms with van der Waals surface area (Å²) in [5, 5.41) is 7.84. The minimum absolute atomic E-state index is 0.248. The molecule has 1 aromatic carbocycles. The maximum absolute atomic E-state index is 12.0. The molecule has 3 amide bonds. The average Bonchev–Trinajstić information content (AvgIpc) is 2.49. The SMILES string of the molecule is CNC(=O)Nc1ccc(NC(=O)c2ccc(Br)nc2)cc1. The highest BCUT2D eigenvalue weighted by atomic mass is 79.9. The first-order valence-electron chi connectivity index (χ1n) is 6.10. The number of carbonyl (C=O) groups excluding carboxylic acids is 2. The molecule has 1 aromatic heterocycles. The zero-order chi connectivity index (χ0) is 15.2. The van der Waals surface area contributed by atoms with E-state index >= 15 is 0 Å². The van der Waals surface area contributed by atoms with Crippen molar-refractivity contribution in [2.75, 3.05) is 17.7 Å². The van der Waals surface area contributed by atoms with Crippen molar-refractivity contribution in [1.29, 1.82) is 0 Å². The third-order valence-corrected chi connectivity index (χ3v) is 3.09. The van der Waals surface area contributed by atoms with Gasteiger partial charge in [0, 0.05) is 24.6 Å². The van der Waals surface area contributed by atoms with Crippen molar-refractivity contribution >= 4 is 39.2 Å². The van der Waals surface area contributed by atoms with E-state index in [0.717, 1.165) is 0 Å². The third kappa shape index (κ3) is 4.28. The first-order chi connectivity index (χ1) is 10.1. The van der Waals surface area contributed by atoms with Crippen LogP contribution >= 0.6 is 15.9 Å². The topological polar surface area (TPSA) is 83.1 Å². The molecule has 0 unspecified atom stereocenters. The molecule has 1 heterocycles. The Hall–Kier alpha value is -2.41. The van der Waals surface area contributed by atoms with Crippen molar-refractivity contribution in [3.63, 3.8) is 0 Å². The van der Waals surface area contributed by atoms with E-state index in [1.807, 2.05) is 0 Å². The number of nitrogens with one attached hydrogen (secondary N) is 3. The van der Waals surface area contributed by atoms with Crippen LogP contribution in [0.5, 0.6) is 0 Å². The lowest BCUT2D eigenvalue weighted by molar-refractivity contribution is 0.102. The minimum atomic E-state index is -0.298. The molecule has 0 aliphatic rings. The summed E-state index contributed by atoms with van der Waals surface area (Å²) in [5.41, 5.74) is 1.73. The van der Waals surface area contributed by atoms with Gasteiger partial charge in [0.05, 0.1) is 5.56 Å². The summed E-state index contributed by atoms with van der Waals surface area (Å²) in [6.07, 6.45) is 1.49. The number of hydrogen-bond donors (Lipinski definition) is 3. The fraction of sp³-hybridized carbons (Fsp3) is 0.0714. The van der Waals surface area contributed by atoms with Gasteiger partial charge in [-0.25, -0.2) is 9.78 Å². The van der Waals surface area contributed by atoms with Gasteiger partial charge in [0.2, 0.25) is 0 Å². The van der Waals surface area contributed by atoms with Crippen LogP contribution < -0.4 is 16.0 Å². The molecule has 7 heteroatoms. The molecular weight excluding hydrogens is 336 g/mol. The van der Waals surface area contributed by atoms with Gasteiger partial charge in [-0.1, -0.05) is 0 Å². The van der Waals surface area contributed by atoms with Crippen LogP contribution in [0.25, 0.3) is 0 Å². The highest BCUT2D eigenvalue weighted by Gasteiger charge is 2.06. The first kappa shape index (κ1) is 15.0. The zero-order valence-electron chi connectivity index (χ0n) is 11.2. The van der Waals surface area contributed by atoms with Gasteiger partial charge in [0.15, 0.2) is 0 Å². The van der Waals surface area contributed by atoms with Crippen molar-refractivity contribution in [3.05, 3.63) is 52.8 Å². The molecule has 108 valence electrons. The lowest BCUT2D eigenvalue weighted by Gasteiger charge is -2.07. The number of carbonyl (C=O) groups is 2. The van der Waals surface area contributed by atoms with Crippen molar-refractivity contribution < 1.29 is 9.59 Å². The monoisotopic (exact) mass is 348 g/mol. The summed E-state index contributed by atoms with van der Waals surface area (Å²) in [6, 6.07) is 9.88. The van der Waals surface area contributed by atoms with Gasteiger partial charge in [-0.05, 0) is 52.3 Å². The van der Waals surface area contributed by atoms with Gasteiger partial charge >= 0.3 is 6.03 Å². The molecule has 0 aliphatic heterocycles. The first-order valence-corrected chi connectivity index (χ1v) is 6.89. The maximum Gasteiger partial charge on any atom is 0.318 e. The minimum Gasteiger partial charge on any atom is -0.341 e. The van der Waals surface area contributed by atoms with E-state index in [1.54, 1.807) is 36.4 Å². The Morgan fingerprint density at radius 2 is 1.62 bits per heavy atom. The Balaban J connectivity index is 2.01. The smallest absolute Gasteiger partial charge is 0.318 e. The Morgan fingerprint density at radius 1 is 1.00 bits per heavy atom. The number of halogens is 1. The molecular formula is C14H13BrN4O2. The molecule has 21 heavy (non-hydrogen) atoms. The van der Waals surface area contributed by atoms with Gasteiger partial charge in [0.1, 0.15) is 4.60 Å². The Kier molecular flexibility index (Phi) is 4.89. The fourth-order valence-corrected chi connectivity index (χ4v) is 1.78. The van der Waals surface area contributed by atoms with Crippen LogP contribution in [0.15, 0.2) is 47.2 Å². The summed E-state index contributed by atoms with van der Waals surface area (Å²) >= 11 is 3.21. The van der Waals surface area contributed by atoms with Gasteiger partial charge in [0.25, 0.3) is 5.91 Å². The highest BCUT2D eigenvalue weighted by molar-refractivity contribution is 9.10. The summed E-state index contributed by atoms with van der Waals surface area (Å²) in [5.74, 6) is -0.248. The van der Waals surface area contributed by atoms with Crippen molar-refractivity contribution in [1.82, 2.24) is 10.3 Å². The Labute approximate surface area is 130 Å². The van der Waals surface area contributed by atoms with Crippen LogP contribution in [0.1, 0.15) is 10.4 Å². The number of urea groups is 1. The molecule has 0 atom stereocenters. The Morgan fingerprint density at radius 3 is 2.14 bits per heavy atom. The standard InChI is InChI=1S/C14H13BrN4O2/c1-16-14(21)19-11-5-3-10(4-6-11)18-13(20)9-2-7-12(15)17-8-9/h2-8H,1H3,(H,18,20)(H2,16,19,21). The molecule has 0 aliphatic carbocycles. The largest absolute Gasteiger partial charge is 0.341 e. The van der Waals surface area contributed by atoms with Crippen molar-refractivity contribution in [2.24, 2.45) is 0 Å². The normalized spacial score (nSPS) is 9.81. The van der Waals surface area contributed by atoms with Crippen LogP contribution in [-0.2, 0) is 0 Å². The average molecular weight is 349 g/mol. The molecule has 3 N–H and O–H groups in total. The molecule has 0 fully saturated rings. The predicted octanol–water partition coefficient (Wildman–Crippen LogP) is 2.85. The van der Waals surface area contributed by atoms with Crippen LogP contribution in [-0.4, -0.2) is 24.0 Å². The van der Waals surface area contributed by atoms with Crippen LogP contribution in [0.2, 0.25) is 0 Å². The van der Waals surface area contributed by atoms with E-state index in [9.17, 15) is 9.59 Å². The van der Waals surface area contributed by atoms with Crippen LogP contribution in [0.3, 0.4) is 0 Å². The van der Waals surface area contributed by atoms with Crippen molar-refractivity contribution in [2.45, 2.75) is 0 Å². The van der Waals surface area contributed by atoms with E-state index in [0.29, 0.717) is 21.5 Å². The fourth-order valence-electron chi connectivity index (χ4n) is 1.54. The van der Waals surface area contributed by atoms with Gasteiger partial charge in [-0.2, -0.15) is 0 Å². The van der Waals surface area contributed by atoms with E-state index in [2.05, 4.69) is 36.9 Å². The molecule has 0 radical (unpaired) electrons. The van der Waals surface area contributed by atoms with Crippen LogP contribution in [0.4, 0.5) is 16.2 Å². The number of pyridine rings is 1. The molecule has 0 bridgehead atoms. The van der Waals surface area contributed by atoms with E-state index in [4.69, 9.17) is 0 Å². The van der Waals surface area contributed by atoms with E-state index in [1.165, 1.54) is 13.2 Å². The van der Waals surface area contributed by atoms with Gasteiger partial charge < -0.3 is 16.0 Å². The number of anilines is 2. The third-order valence-electron chi connectivity index (χ3n) is 2.62. The lowest BCUT2D eigenvalue weighted by atomic mass is 10.2. The number of rotatable bonds is 3.